The maximum Gasteiger partial charge on any atom is 0.0558 e. The minimum Gasteiger partial charge on any atom is -0.309 e. The molecule has 0 atom stereocenters. The predicted octanol–water partition coefficient (Wildman–Crippen LogP) is 16.2. The lowest BCUT2D eigenvalue weighted by molar-refractivity contribution is 1.16. The van der Waals surface area contributed by atoms with Gasteiger partial charge in [0.25, 0.3) is 0 Å². The molecule has 1 aliphatic heterocycles. The van der Waals surface area contributed by atoms with Crippen molar-refractivity contribution in [2.24, 2.45) is 0 Å². The fourth-order valence-corrected chi connectivity index (χ4v) is 11.1. The van der Waals surface area contributed by atoms with E-state index in [-0.39, 0.29) is 0 Å². The van der Waals surface area contributed by atoms with Gasteiger partial charge in [-0.1, -0.05) is 169 Å². The summed E-state index contributed by atoms with van der Waals surface area (Å²) in [6.45, 7) is 0. The molecule has 0 saturated heterocycles. The summed E-state index contributed by atoms with van der Waals surface area (Å²) in [6.07, 6.45) is 0. The molecule has 0 N–H and O–H groups in total. The Kier molecular flexibility index (Phi) is 7.57. The first-order chi connectivity index (χ1) is 30.2. The molecule has 284 valence electrons. The summed E-state index contributed by atoms with van der Waals surface area (Å²) < 4.78 is 4.93. The quantitative estimate of drug-likeness (QED) is 0.169. The van der Waals surface area contributed by atoms with Crippen molar-refractivity contribution >= 4 is 66.1 Å². The van der Waals surface area contributed by atoms with Crippen LogP contribution in [-0.2, 0) is 0 Å². The SMILES string of the molecule is c1ccc(-c2cccc(-n3c4ccccc4c4c5cccc6c5c(cc43)Sc3cc(-n4c5ccc(-c7ccccc7)cc5c5cc(-c7ccccc7)ccc54)ccc3-6)c2)cc1. The van der Waals surface area contributed by atoms with Crippen molar-refractivity contribution in [1.82, 2.24) is 9.13 Å². The van der Waals surface area contributed by atoms with Crippen LogP contribution >= 0.6 is 11.8 Å². The zero-order valence-electron chi connectivity index (χ0n) is 33.1. The van der Waals surface area contributed by atoms with Crippen LogP contribution in [-0.4, -0.2) is 9.13 Å². The highest BCUT2D eigenvalue weighted by Gasteiger charge is 2.25. The zero-order valence-corrected chi connectivity index (χ0v) is 33.9. The number of hydrogen-bond donors (Lipinski definition) is 0. The highest BCUT2D eigenvalue weighted by Crippen LogP contribution is 2.52. The Labute approximate surface area is 357 Å². The lowest BCUT2D eigenvalue weighted by atomic mass is 9.94. The Hall–Kier alpha value is -7.59. The lowest BCUT2D eigenvalue weighted by Gasteiger charge is -2.22. The Bertz CT molecular complexity index is 3610. The van der Waals surface area contributed by atoms with Gasteiger partial charge >= 0.3 is 0 Å². The molecule has 3 heterocycles. The van der Waals surface area contributed by atoms with Crippen LogP contribution in [0.4, 0.5) is 0 Å². The fraction of sp³-hybridized carbons (Fsp3) is 0. The molecule has 61 heavy (non-hydrogen) atoms. The van der Waals surface area contributed by atoms with Gasteiger partial charge in [-0.3, -0.25) is 0 Å². The first kappa shape index (κ1) is 34.3. The second-order valence-corrected chi connectivity index (χ2v) is 17.2. The molecule has 2 aromatic heterocycles. The zero-order chi connectivity index (χ0) is 40.0. The van der Waals surface area contributed by atoms with Crippen molar-refractivity contribution in [2.75, 3.05) is 0 Å². The van der Waals surface area contributed by atoms with E-state index >= 15 is 0 Å². The summed E-state index contributed by atoms with van der Waals surface area (Å²) in [6, 6.07) is 80.4. The Morgan fingerprint density at radius 1 is 0.262 bits per heavy atom. The summed E-state index contributed by atoms with van der Waals surface area (Å²) in [4.78, 5) is 2.55. The Balaban J connectivity index is 1.01. The molecule has 0 bridgehead atoms. The van der Waals surface area contributed by atoms with Gasteiger partial charge < -0.3 is 9.13 Å². The van der Waals surface area contributed by atoms with Crippen LogP contribution in [0, 0.1) is 0 Å². The van der Waals surface area contributed by atoms with Gasteiger partial charge in [0.15, 0.2) is 0 Å². The van der Waals surface area contributed by atoms with Gasteiger partial charge in [0.05, 0.1) is 22.1 Å². The number of hydrogen-bond acceptors (Lipinski definition) is 1. The first-order valence-electron chi connectivity index (χ1n) is 20.9. The van der Waals surface area contributed by atoms with Gasteiger partial charge in [0, 0.05) is 48.1 Å². The van der Waals surface area contributed by atoms with Crippen LogP contribution in [0.15, 0.2) is 228 Å². The number of para-hydroxylation sites is 1. The average Bonchev–Trinajstić information content (AvgIpc) is 3.84. The van der Waals surface area contributed by atoms with Crippen molar-refractivity contribution in [3.05, 3.63) is 218 Å². The molecule has 2 nitrogen and oxygen atoms in total. The summed E-state index contributed by atoms with van der Waals surface area (Å²) in [5.41, 5.74) is 17.1. The molecule has 0 radical (unpaired) electrons. The smallest absolute Gasteiger partial charge is 0.0558 e. The minimum absolute atomic E-state index is 1.16. The van der Waals surface area contributed by atoms with Crippen LogP contribution in [0.3, 0.4) is 0 Å². The van der Waals surface area contributed by atoms with Gasteiger partial charge in [-0.2, -0.15) is 0 Å². The van der Waals surface area contributed by atoms with Crippen LogP contribution in [0.5, 0.6) is 0 Å². The van der Waals surface area contributed by atoms with Crippen LogP contribution < -0.4 is 0 Å². The Morgan fingerprint density at radius 2 is 0.787 bits per heavy atom. The van der Waals surface area contributed by atoms with E-state index in [1.165, 1.54) is 109 Å². The second-order valence-electron chi connectivity index (χ2n) is 16.1. The summed E-state index contributed by atoms with van der Waals surface area (Å²) in [5, 5.41) is 7.71. The molecule has 0 fully saturated rings. The van der Waals surface area contributed by atoms with E-state index < -0.39 is 0 Å². The third kappa shape index (κ3) is 5.31. The number of nitrogens with zero attached hydrogens (tertiary/aromatic N) is 2. The van der Waals surface area contributed by atoms with E-state index in [2.05, 4.69) is 228 Å². The normalized spacial score (nSPS) is 12.2. The Morgan fingerprint density at radius 3 is 1.46 bits per heavy atom. The molecule has 10 aromatic carbocycles. The summed E-state index contributed by atoms with van der Waals surface area (Å²) >= 11 is 1.90. The predicted molar refractivity (Wildman–Crippen MR) is 258 cm³/mol. The van der Waals surface area contributed by atoms with E-state index in [1.807, 2.05) is 11.8 Å². The molecule has 12 aromatic rings. The van der Waals surface area contributed by atoms with Crippen molar-refractivity contribution in [1.29, 1.82) is 0 Å². The fourth-order valence-electron chi connectivity index (χ4n) is 9.94. The molecular weight excluding hydrogens is 757 g/mol. The van der Waals surface area contributed by atoms with Crippen molar-refractivity contribution in [3.8, 4) is 55.9 Å². The molecule has 1 aliphatic rings. The van der Waals surface area contributed by atoms with Gasteiger partial charge in [-0.25, -0.2) is 0 Å². The number of fused-ring (bicyclic) bond motifs is 9. The summed E-state index contributed by atoms with van der Waals surface area (Å²) in [7, 11) is 0. The maximum absolute atomic E-state index is 2.47. The van der Waals surface area contributed by atoms with Gasteiger partial charge in [-0.15, -0.1) is 0 Å². The van der Waals surface area contributed by atoms with Gasteiger partial charge in [-0.05, 0) is 111 Å². The highest BCUT2D eigenvalue weighted by atomic mass is 32.2. The molecule has 0 spiro atoms. The molecule has 3 heteroatoms. The van der Waals surface area contributed by atoms with Crippen molar-refractivity contribution < 1.29 is 0 Å². The van der Waals surface area contributed by atoms with Gasteiger partial charge in [0.1, 0.15) is 0 Å². The van der Waals surface area contributed by atoms with Crippen molar-refractivity contribution in [2.45, 2.75) is 9.79 Å². The molecule has 0 unspecified atom stereocenters. The summed E-state index contributed by atoms with van der Waals surface area (Å²) in [5.74, 6) is 0. The van der Waals surface area contributed by atoms with Crippen LogP contribution in [0.25, 0.3) is 110 Å². The largest absolute Gasteiger partial charge is 0.309 e. The number of rotatable bonds is 5. The number of benzene rings is 10. The lowest BCUT2D eigenvalue weighted by Crippen LogP contribution is -1.99. The molecule has 0 aliphatic carbocycles. The minimum atomic E-state index is 1.16. The average molecular weight is 793 g/mol. The van der Waals surface area contributed by atoms with Crippen LogP contribution in [0.1, 0.15) is 0 Å². The van der Waals surface area contributed by atoms with E-state index in [1.54, 1.807) is 0 Å². The van der Waals surface area contributed by atoms with Crippen LogP contribution in [0.2, 0.25) is 0 Å². The van der Waals surface area contributed by atoms with Gasteiger partial charge in [0.2, 0.25) is 0 Å². The third-order valence-corrected chi connectivity index (χ3v) is 13.8. The van der Waals surface area contributed by atoms with E-state index in [9.17, 15) is 0 Å². The standard InChI is InChI=1S/C58H36N2S/c1-4-14-37(15-5-1)40-20-12-21-43(32-40)60-51-25-11-10-22-47(51)57-48-24-13-23-46-45-29-28-44(35-55(45)61-56(58(46)48)36-54(57)60)59-52-30-26-41(38-16-6-2-7-17-38)33-49(52)50-34-42(27-31-53(50)59)39-18-8-3-9-19-39/h1-36H. The molecule has 0 amide bonds. The molecule has 0 saturated carbocycles. The third-order valence-electron chi connectivity index (χ3n) is 12.7. The molecular formula is C58H36N2S. The number of aromatic nitrogens is 2. The van der Waals surface area contributed by atoms with E-state index in [4.69, 9.17) is 0 Å². The molecule has 13 rings (SSSR count). The second kappa shape index (κ2) is 13.5. The van der Waals surface area contributed by atoms with E-state index in [0.29, 0.717) is 0 Å². The topological polar surface area (TPSA) is 9.86 Å². The monoisotopic (exact) mass is 792 g/mol. The van der Waals surface area contributed by atoms with Crippen molar-refractivity contribution in [3.63, 3.8) is 0 Å². The van der Waals surface area contributed by atoms with E-state index in [0.717, 1.165) is 11.4 Å². The maximum atomic E-state index is 2.47. The highest BCUT2D eigenvalue weighted by molar-refractivity contribution is 7.99. The first-order valence-corrected chi connectivity index (χ1v) is 21.7.